The fourth-order valence-corrected chi connectivity index (χ4v) is 2.10. The van der Waals surface area contributed by atoms with E-state index in [0.717, 1.165) is 43.4 Å². The van der Waals surface area contributed by atoms with Gasteiger partial charge in [-0.25, -0.2) is 4.98 Å². The maximum absolute atomic E-state index is 8.91. The fourth-order valence-electron chi connectivity index (χ4n) is 2.10. The first-order valence-electron chi connectivity index (χ1n) is 6.30. The number of nitrogens with zero attached hydrogens (tertiary/aromatic N) is 5. The molecule has 0 saturated carbocycles. The number of rotatable bonds is 2. The molecule has 0 aliphatic carbocycles. The lowest BCUT2D eigenvalue weighted by molar-refractivity contribution is 0.231. The Hall–Kier alpha value is -1.67. The Bertz CT molecular complexity index is 457. The summed E-state index contributed by atoms with van der Waals surface area (Å²) in [6, 6.07) is 2.28. The van der Waals surface area contributed by atoms with Crippen LogP contribution in [0.5, 0.6) is 0 Å². The van der Waals surface area contributed by atoms with Crippen molar-refractivity contribution in [3.8, 4) is 6.07 Å². The normalized spacial score (nSPS) is 18.4. The zero-order valence-electron chi connectivity index (χ0n) is 11.2. The number of anilines is 1. The first kappa shape index (κ1) is 12.8. The summed E-state index contributed by atoms with van der Waals surface area (Å²) < 4.78 is 0. The van der Waals surface area contributed by atoms with Gasteiger partial charge in [-0.05, 0) is 20.8 Å². The summed E-state index contributed by atoms with van der Waals surface area (Å²) in [5.74, 6) is 0.947. The second-order valence-electron chi connectivity index (χ2n) is 4.73. The lowest BCUT2D eigenvalue weighted by Gasteiger charge is -2.36. The van der Waals surface area contributed by atoms with Gasteiger partial charge in [-0.3, -0.25) is 9.88 Å². The third-order valence-corrected chi connectivity index (χ3v) is 3.55. The lowest BCUT2D eigenvalue weighted by atomic mass is 10.2. The Morgan fingerprint density at radius 3 is 2.44 bits per heavy atom. The third-order valence-electron chi connectivity index (χ3n) is 3.55. The molecule has 1 atom stereocenters. The molecular weight excluding hydrogens is 226 g/mol. The minimum atomic E-state index is -0.00186. The summed E-state index contributed by atoms with van der Waals surface area (Å²) in [4.78, 5) is 13.4. The number of piperazine rings is 1. The molecule has 1 unspecified atom stereocenters. The molecule has 1 aliphatic heterocycles. The molecule has 2 rings (SSSR count). The van der Waals surface area contributed by atoms with E-state index in [2.05, 4.69) is 25.8 Å². The van der Waals surface area contributed by atoms with Crippen LogP contribution in [-0.2, 0) is 0 Å². The van der Waals surface area contributed by atoms with Gasteiger partial charge in [0.15, 0.2) is 0 Å². The molecule has 0 radical (unpaired) electrons. The summed E-state index contributed by atoms with van der Waals surface area (Å²) in [5, 5.41) is 8.91. The molecule has 1 aromatic rings. The zero-order chi connectivity index (χ0) is 13.1. The molecule has 1 saturated heterocycles. The molecule has 5 heteroatoms. The number of aromatic nitrogens is 2. The molecule has 5 nitrogen and oxygen atoms in total. The van der Waals surface area contributed by atoms with Crippen LogP contribution in [0.15, 0.2) is 6.20 Å². The number of aryl methyl sites for hydroxylation is 2. The fraction of sp³-hybridized carbons (Fsp3) is 0.615. The first-order chi connectivity index (χ1) is 8.61. The van der Waals surface area contributed by atoms with Gasteiger partial charge in [-0.1, -0.05) is 0 Å². The molecule has 2 heterocycles. The maximum atomic E-state index is 8.91. The largest absolute Gasteiger partial charge is 0.353 e. The summed E-state index contributed by atoms with van der Waals surface area (Å²) in [6.45, 7) is 9.53. The molecular formula is C13H19N5. The van der Waals surface area contributed by atoms with E-state index in [0.29, 0.717) is 0 Å². The van der Waals surface area contributed by atoms with E-state index in [1.807, 2.05) is 27.0 Å². The Kier molecular flexibility index (Phi) is 3.78. The molecule has 18 heavy (non-hydrogen) atoms. The molecule has 0 aromatic carbocycles. The van der Waals surface area contributed by atoms with E-state index >= 15 is 0 Å². The highest BCUT2D eigenvalue weighted by Crippen LogP contribution is 2.15. The molecule has 0 N–H and O–H groups in total. The summed E-state index contributed by atoms with van der Waals surface area (Å²) in [5.41, 5.74) is 1.97. The van der Waals surface area contributed by atoms with Crippen LogP contribution in [0, 0.1) is 25.2 Å². The molecule has 1 aliphatic rings. The average molecular weight is 245 g/mol. The summed E-state index contributed by atoms with van der Waals surface area (Å²) in [7, 11) is 0. The molecule has 1 fully saturated rings. The van der Waals surface area contributed by atoms with Crippen LogP contribution in [0.25, 0.3) is 0 Å². The lowest BCUT2D eigenvalue weighted by Crippen LogP contribution is -2.49. The van der Waals surface area contributed by atoms with Gasteiger partial charge in [0.2, 0.25) is 0 Å². The van der Waals surface area contributed by atoms with Gasteiger partial charge in [0.1, 0.15) is 5.82 Å². The molecule has 0 spiro atoms. The van der Waals surface area contributed by atoms with Crippen molar-refractivity contribution in [1.82, 2.24) is 14.9 Å². The van der Waals surface area contributed by atoms with Crippen LogP contribution in [0.3, 0.4) is 0 Å². The van der Waals surface area contributed by atoms with E-state index in [-0.39, 0.29) is 6.04 Å². The average Bonchev–Trinajstić information content (AvgIpc) is 2.41. The van der Waals surface area contributed by atoms with Gasteiger partial charge in [-0.15, -0.1) is 0 Å². The molecule has 0 bridgehead atoms. The Morgan fingerprint density at radius 1 is 1.22 bits per heavy atom. The number of nitriles is 1. The Balaban J connectivity index is 2.01. The van der Waals surface area contributed by atoms with Crippen LogP contribution in [0.2, 0.25) is 0 Å². The topological polar surface area (TPSA) is 56.1 Å². The van der Waals surface area contributed by atoms with E-state index in [1.54, 1.807) is 0 Å². The summed E-state index contributed by atoms with van der Waals surface area (Å²) in [6.07, 6.45) is 1.84. The summed E-state index contributed by atoms with van der Waals surface area (Å²) >= 11 is 0. The first-order valence-corrected chi connectivity index (χ1v) is 6.30. The standard InChI is InChI=1S/C13H19N5/c1-10(8-14)17-4-6-18(7-5-17)13-9-15-11(2)12(3)16-13/h9-10H,4-7H2,1-3H3. The minimum Gasteiger partial charge on any atom is -0.353 e. The van der Waals surface area contributed by atoms with Crippen LogP contribution in [0.4, 0.5) is 5.82 Å². The van der Waals surface area contributed by atoms with E-state index in [4.69, 9.17) is 5.26 Å². The van der Waals surface area contributed by atoms with E-state index in [9.17, 15) is 0 Å². The maximum Gasteiger partial charge on any atom is 0.147 e. The zero-order valence-corrected chi connectivity index (χ0v) is 11.2. The third kappa shape index (κ3) is 2.59. The smallest absolute Gasteiger partial charge is 0.147 e. The van der Waals surface area contributed by atoms with E-state index < -0.39 is 0 Å². The van der Waals surface area contributed by atoms with Crippen molar-refractivity contribution in [2.45, 2.75) is 26.8 Å². The van der Waals surface area contributed by atoms with Gasteiger partial charge >= 0.3 is 0 Å². The second-order valence-corrected chi connectivity index (χ2v) is 4.73. The highest BCUT2D eigenvalue weighted by molar-refractivity contribution is 5.38. The molecule has 1 aromatic heterocycles. The molecule has 0 amide bonds. The quantitative estimate of drug-likeness (QED) is 0.781. The Labute approximate surface area is 108 Å². The van der Waals surface area contributed by atoms with Crippen LogP contribution in [-0.4, -0.2) is 47.1 Å². The van der Waals surface area contributed by atoms with Crippen LogP contribution >= 0.6 is 0 Å². The van der Waals surface area contributed by atoms with Crippen molar-refractivity contribution in [1.29, 1.82) is 5.26 Å². The van der Waals surface area contributed by atoms with Crippen molar-refractivity contribution < 1.29 is 0 Å². The number of hydrogen-bond acceptors (Lipinski definition) is 5. The second kappa shape index (κ2) is 5.32. The van der Waals surface area contributed by atoms with Crippen LogP contribution < -0.4 is 4.90 Å². The SMILES string of the molecule is Cc1ncc(N2CCN(C(C)C#N)CC2)nc1C. The van der Waals surface area contributed by atoms with Crippen molar-refractivity contribution in [3.63, 3.8) is 0 Å². The van der Waals surface area contributed by atoms with Crippen molar-refractivity contribution in [3.05, 3.63) is 17.6 Å². The predicted molar refractivity (Wildman–Crippen MR) is 70.4 cm³/mol. The van der Waals surface area contributed by atoms with Crippen molar-refractivity contribution >= 4 is 5.82 Å². The highest BCUT2D eigenvalue weighted by atomic mass is 15.3. The number of hydrogen-bond donors (Lipinski definition) is 0. The van der Waals surface area contributed by atoms with Gasteiger partial charge < -0.3 is 4.90 Å². The van der Waals surface area contributed by atoms with E-state index in [1.165, 1.54) is 0 Å². The van der Waals surface area contributed by atoms with Gasteiger partial charge in [0, 0.05) is 26.2 Å². The van der Waals surface area contributed by atoms with Crippen molar-refractivity contribution in [2.75, 3.05) is 31.1 Å². The van der Waals surface area contributed by atoms with Crippen LogP contribution in [0.1, 0.15) is 18.3 Å². The molecule has 96 valence electrons. The van der Waals surface area contributed by atoms with Gasteiger partial charge in [-0.2, -0.15) is 5.26 Å². The van der Waals surface area contributed by atoms with Crippen molar-refractivity contribution in [2.24, 2.45) is 0 Å². The van der Waals surface area contributed by atoms with Gasteiger partial charge in [0.25, 0.3) is 0 Å². The monoisotopic (exact) mass is 245 g/mol. The predicted octanol–water partition coefficient (Wildman–Crippen LogP) is 1.13. The Morgan fingerprint density at radius 2 is 1.89 bits per heavy atom. The highest BCUT2D eigenvalue weighted by Gasteiger charge is 2.21. The minimum absolute atomic E-state index is 0.00186. The van der Waals surface area contributed by atoms with Gasteiger partial charge in [0.05, 0.1) is 29.7 Å².